The molecule has 0 saturated heterocycles. The van der Waals surface area contributed by atoms with Gasteiger partial charge in [0.25, 0.3) is 0 Å². The second-order valence-corrected chi connectivity index (χ2v) is 6.34. The molecule has 126 valence electrons. The molecule has 6 heteroatoms. The van der Waals surface area contributed by atoms with Crippen LogP contribution in [0.4, 0.5) is 11.4 Å². The molecule has 2 amide bonds. The highest BCUT2D eigenvalue weighted by Gasteiger charge is 2.13. The van der Waals surface area contributed by atoms with E-state index >= 15 is 0 Å². The second-order valence-electron chi connectivity index (χ2n) is 5.46. The summed E-state index contributed by atoms with van der Waals surface area (Å²) in [6.45, 7) is 3.75. The maximum Gasteiger partial charge on any atom is 0.226 e. The van der Waals surface area contributed by atoms with Crippen LogP contribution in [0.15, 0.2) is 42.5 Å². The van der Waals surface area contributed by atoms with Gasteiger partial charge in [-0.15, -0.1) is 0 Å². The van der Waals surface area contributed by atoms with Gasteiger partial charge in [0.2, 0.25) is 11.8 Å². The molecule has 0 aliphatic heterocycles. The Labute approximate surface area is 151 Å². The van der Waals surface area contributed by atoms with Crippen molar-refractivity contribution in [3.63, 3.8) is 0 Å². The van der Waals surface area contributed by atoms with Gasteiger partial charge in [-0.3, -0.25) is 9.59 Å². The molecule has 4 nitrogen and oxygen atoms in total. The van der Waals surface area contributed by atoms with E-state index in [9.17, 15) is 9.59 Å². The molecule has 2 rings (SSSR count). The fourth-order valence-corrected chi connectivity index (χ4v) is 2.78. The van der Waals surface area contributed by atoms with Crippen molar-refractivity contribution in [2.75, 3.05) is 16.8 Å². The van der Waals surface area contributed by atoms with Gasteiger partial charge in [0.1, 0.15) is 0 Å². The molecule has 0 aliphatic rings. The Morgan fingerprint density at radius 2 is 1.62 bits per heavy atom. The zero-order valence-electron chi connectivity index (χ0n) is 13.5. The molecular weight excluding hydrogens is 347 g/mol. The molecule has 0 atom stereocenters. The molecule has 0 fully saturated rings. The standard InChI is InChI=1S/C18H18Cl2N2O2/c1-12-3-5-17(6-4-12)22(13(2)23)8-7-18(24)21-16-10-14(19)9-15(20)11-16/h3-6,9-11H,7-8H2,1-2H3,(H,21,24). The first-order valence-electron chi connectivity index (χ1n) is 7.46. The summed E-state index contributed by atoms with van der Waals surface area (Å²) in [6.07, 6.45) is 0.164. The number of carbonyl (C=O) groups excluding carboxylic acids is 2. The van der Waals surface area contributed by atoms with E-state index < -0.39 is 0 Å². The summed E-state index contributed by atoms with van der Waals surface area (Å²) in [6, 6.07) is 12.4. The van der Waals surface area contributed by atoms with Crippen molar-refractivity contribution >= 4 is 46.4 Å². The van der Waals surface area contributed by atoms with E-state index in [1.165, 1.54) is 6.92 Å². The molecule has 24 heavy (non-hydrogen) atoms. The lowest BCUT2D eigenvalue weighted by Gasteiger charge is -2.21. The molecule has 0 aliphatic carbocycles. The summed E-state index contributed by atoms with van der Waals surface area (Å²) >= 11 is 11.8. The van der Waals surface area contributed by atoms with Crippen LogP contribution in [-0.4, -0.2) is 18.4 Å². The maximum atomic E-state index is 12.1. The van der Waals surface area contributed by atoms with Gasteiger partial charge in [0, 0.05) is 41.3 Å². The first-order chi connectivity index (χ1) is 11.3. The predicted octanol–water partition coefficient (Wildman–Crippen LogP) is 4.68. The molecule has 0 aromatic heterocycles. The van der Waals surface area contributed by atoms with Crippen molar-refractivity contribution in [2.24, 2.45) is 0 Å². The van der Waals surface area contributed by atoms with Crippen LogP contribution in [0, 0.1) is 6.92 Å². The molecule has 2 aromatic carbocycles. The van der Waals surface area contributed by atoms with E-state index in [4.69, 9.17) is 23.2 Å². The summed E-state index contributed by atoms with van der Waals surface area (Å²) in [5, 5.41) is 3.63. The zero-order chi connectivity index (χ0) is 17.7. The Bertz CT molecular complexity index is 725. The van der Waals surface area contributed by atoms with Crippen LogP contribution in [0.5, 0.6) is 0 Å². The van der Waals surface area contributed by atoms with E-state index in [0.717, 1.165) is 11.3 Å². The third-order valence-electron chi connectivity index (χ3n) is 3.43. The highest BCUT2D eigenvalue weighted by molar-refractivity contribution is 6.35. The number of rotatable bonds is 5. The van der Waals surface area contributed by atoms with Gasteiger partial charge in [-0.1, -0.05) is 40.9 Å². The lowest BCUT2D eigenvalue weighted by Crippen LogP contribution is -2.31. The number of nitrogens with zero attached hydrogens (tertiary/aromatic N) is 1. The van der Waals surface area contributed by atoms with Crippen LogP contribution in [-0.2, 0) is 9.59 Å². The summed E-state index contributed by atoms with van der Waals surface area (Å²) < 4.78 is 0. The predicted molar refractivity (Wildman–Crippen MR) is 98.9 cm³/mol. The van der Waals surface area contributed by atoms with E-state index in [1.54, 1.807) is 23.1 Å². The molecule has 0 saturated carbocycles. The average molecular weight is 365 g/mol. The van der Waals surface area contributed by atoms with Crippen molar-refractivity contribution in [1.29, 1.82) is 0 Å². The third kappa shape index (κ3) is 5.25. The van der Waals surface area contributed by atoms with Gasteiger partial charge in [-0.25, -0.2) is 0 Å². The molecular formula is C18H18Cl2N2O2. The highest BCUT2D eigenvalue weighted by atomic mass is 35.5. The number of carbonyl (C=O) groups is 2. The number of hydrogen-bond donors (Lipinski definition) is 1. The van der Waals surface area contributed by atoms with Crippen molar-refractivity contribution in [3.05, 3.63) is 58.1 Å². The number of aryl methyl sites for hydroxylation is 1. The third-order valence-corrected chi connectivity index (χ3v) is 3.87. The maximum absolute atomic E-state index is 12.1. The zero-order valence-corrected chi connectivity index (χ0v) is 15.0. The van der Waals surface area contributed by atoms with Crippen molar-refractivity contribution in [3.8, 4) is 0 Å². The van der Waals surface area contributed by atoms with Crippen LogP contribution in [0.1, 0.15) is 18.9 Å². The van der Waals surface area contributed by atoms with Gasteiger partial charge in [-0.05, 0) is 37.3 Å². The van der Waals surface area contributed by atoms with Crippen molar-refractivity contribution in [1.82, 2.24) is 0 Å². The number of anilines is 2. The number of nitrogens with one attached hydrogen (secondary N) is 1. The van der Waals surface area contributed by atoms with Gasteiger partial charge in [-0.2, -0.15) is 0 Å². The largest absolute Gasteiger partial charge is 0.326 e. The second kappa shape index (κ2) is 8.18. The average Bonchev–Trinajstić information content (AvgIpc) is 2.47. The lowest BCUT2D eigenvalue weighted by atomic mass is 10.2. The SMILES string of the molecule is CC(=O)N(CCC(=O)Nc1cc(Cl)cc(Cl)c1)c1ccc(C)cc1. The minimum atomic E-state index is -0.216. The lowest BCUT2D eigenvalue weighted by molar-refractivity contribution is -0.117. The molecule has 0 unspecified atom stereocenters. The molecule has 0 bridgehead atoms. The van der Waals surface area contributed by atoms with Gasteiger partial charge >= 0.3 is 0 Å². The minimum Gasteiger partial charge on any atom is -0.326 e. The van der Waals surface area contributed by atoms with Gasteiger partial charge in [0.05, 0.1) is 0 Å². The fourth-order valence-electron chi connectivity index (χ4n) is 2.26. The monoisotopic (exact) mass is 364 g/mol. The molecule has 2 aromatic rings. The first kappa shape index (κ1) is 18.3. The van der Waals surface area contributed by atoms with E-state index in [-0.39, 0.29) is 18.2 Å². The van der Waals surface area contributed by atoms with Crippen molar-refractivity contribution in [2.45, 2.75) is 20.3 Å². The number of amides is 2. The smallest absolute Gasteiger partial charge is 0.226 e. The van der Waals surface area contributed by atoms with Crippen molar-refractivity contribution < 1.29 is 9.59 Å². The van der Waals surface area contributed by atoms with E-state index in [2.05, 4.69) is 5.32 Å². The summed E-state index contributed by atoms with van der Waals surface area (Å²) in [5.74, 6) is -0.329. The quantitative estimate of drug-likeness (QED) is 0.836. The number of hydrogen-bond acceptors (Lipinski definition) is 2. The summed E-state index contributed by atoms with van der Waals surface area (Å²) in [4.78, 5) is 25.5. The Kier molecular flexibility index (Phi) is 6.23. The Balaban J connectivity index is 2.00. The summed E-state index contributed by atoms with van der Waals surface area (Å²) in [5.41, 5.74) is 2.41. The number of halogens is 2. The Hall–Kier alpha value is -2.04. The number of benzene rings is 2. The topological polar surface area (TPSA) is 49.4 Å². The molecule has 1 N–H and O–H groups in total. The van der Waals surface area contributed by atoms with Crippen LogP contribution >= 0.6 is 23.2 Å². The van der Waals surface area contributed by atoms with Crippen LogP contribution in [0.2, 0.25) is 10.0 Å². The molecule has 0 radical (unpaired) electrons. The van der Waals surface area contributed by atoms with Gasteiger partial charge in [0.15, 0.2) is 0 Å². The normalized spacial score (nSPS) is 10.3. The highest BCUT2D eigenvalue weighted by Crippen LogP contribution is 2.22. The van der Waals surface area contributed by atoms with Crippen LogP contribution in [0.3, 0.4) is 0 Å². The minimum absolute atomic E-state index is 0.113. The Morgan fingerprint density at radius 1 is 1.04 bits per heavy atom. The Morgan fingerprint density at radius 3 is 2.17 bits per heavy atom. The summed E-state index contributed by atoms with van der Waals surface area (Å²) in [7, 11) is 0. The van der Waals surface area contributed by atoms with Crippen LogP contribution < -0.4 is 10.2 Å². The van der Waals surface area contributed by atoms with Gasteiger partial charge < -0.3 is 10.2 Å². The molecule has 0 heterocycles. The molecule has 0 spiro atoms. The van der Waals surface area contributed by atoms with E-state index in [0.29, 0.717) is 22.3 Å². The van der Waals surface area contributed by atoms with E-state index in [1.807, 2.05) is 31.2 Å². The van der Waals surface area contributed by atoms with Crippen LogP contribution in [0.25, 0.3) is 0 Å². The first-order valence-corrected chi connectivity index (χ1v) is 8.21. The fraction of sp³-hybridized carbons (Fsp3) is 0.222.